The van der Waals surface area contributed by atoms with Crippen LogP contribution in [0, 0.1) is 0 Å². The Morgan fingerprint density at radius 2 is 2.22 bits per heavy atom. The second-order valence-corrected chi connectivity index (χ2v) is 4.55. The molecule has 2 rings (SSSR count). The van der Waals surface area contributed by atoms with Gasteiger partial charge in [-0.05, 0) is 31.4 Å². The molecule has 1 heterocycles. The van der Waals surface area contributed by atoms with Gasteiger partial charge in [0.25, 0.3) is 0 Å². The Bertz CT molecular complexity index is 457. The van der Waals surface area contributed by atoms with Crippen molar-refractivity contribution in [3.8, 4) is 0 Å². The van der Waals surface area contributed by atoms with Crippen molar-refractivity contribution in [1.82, 2.24) is 4.98 Å². The van der Waals surface area contributed by atoms with E-state index in [0.717, 1.165) is 30.7 Å². The van der Waals surface area contributed by atoms with Crippen molar-refractivity contribution in [1.29, 1.82) is 0 Å². The summed E-state index contributed by atoms with van der Waals surface area (Å²) in [6.07, 6.45) is 13.1. The Kier molecular flexibility index (Phi) is 4.18. The monoisotopic (exact) mass is 241 g/mol. The van der Waals surface area contributed by atoms with Gasteiger partial charge in [-0.25, -0.2) is 4.98 Å². The molecule has 0 fully saturated rings. The standard InChI is InChI=1S/C15H19N3/c1-12-6-4-2-3-5-7-14(10-12)18-15-9-8-13(16)11-17-15/h2-4,6,8-9,11,14H,1,5,7,10,16H2,(H,17,18)/b3-2-,6-4-. The number of nitrogens with two attached hydrogens (primary N) is 1. The highest BCUT2D eigenvalue weighted by atomic mass is 15.0. The van der Waals surface area contributed by atoms with E-state index in [2.05, 4.69) is 35.1 Å². The first-order valence-electron chi connectivity index (χ1n) is 6.23. The van der Waals surface area contributed by atoms with Gasteiger partial charge in [0.15, 0.2) is 0 Å². The average molecular weight is 241 g/mol. The predicted molar refractivity (Wildman–Crippen MR) is 77.3 cm³/mol. The fraction of sp³-hybridized carbons (Fsp3) is 0.267. The quantitative estimate of drug-likeness (QED) is 0.835. The summed E-state index contributed by atoms with van der Waals surface area (Å²) >= 11 is 0. The number of rotatable bonds is 2. The predicted octanol–water partition coefficient (Wildman–Crippen LogP) is 3.30. The smallest absolute Gasteiger partial charge is 0.126 e. The Hall–Kier alpha value is -2.03. The summed E-state index contributed by atoms with van der Waals surface area (Å²) in [5, 5.41) is 3.44. The molecule has 3 nitrogen and oxygen atoms in total. The van der Waals surface area contributed by atoms with Crippen molar-refractivity contribution < 1.29 is 0 Å². The van der Waals surface area contributed by atoms with Crippen LogP contribution in [-0.4, -0.2) is 11.0 Å². The van der Waals surface area contributed by atoms with E-state index >= 15 is 0 Å². The lowest BCUT2D eigenvalue weighted by Gasteiger charge is -2.18. The zero-order valence-corrected chi connectivity index (χ0v) is 10.5. The SMILES string of the molecule is C=C1/C=C\C=C/CCC(Nc2ccc(N)cn2)C1. The van der Waals surface area contributed by atoms with Gasteiger partial charge in [-0.2, -0.15) is 0 Å². The molecule has 0 aromatic carbocycles. The minimum Gasteiger partial charge on any atom is -0.397 e. The molecular formula is C15H19N3. The number of hydrogen-bond donors (Lipinski definition) is 2. The third kappa shape index (κ3) is 3.77. The molecule has 3 heteroatoms. The number of anilines is 2. The van der Waals surface area contributed by atoms with E-state index in [1.807, 2.05) is 18.2 Å². The van der Waals surface area contributed by atoms with E-state index in [4.69, 9.17) is 5.73 Å². The molecule has 0 aliphatic heterocycles. The zero-order chi connectivity index (χ0) is 12.8. The molecule has 1 aromatic rings. The molecule has 3 N–H and O–H groups in total. The van der Waals surface area contributed by atoms with Crippen LogP contribution in [0.4, 0.5) is 11.5 Å². The zero-order valence-electron chi connectivity index (χ0n) is 10.5. The van der Waals surface area contributed by atoms with Gasteiger partial charge in [-0.3, -0.25) is 0 Å². The van der Waals surface area contributed by atoms with Gasteiger partial charge in [0.05, 0.1) is 11.9 Å². The molecule has 0 spiro atoms. The van der Waals surface area contributed by atoms with E-state index in [1.165, 1.54) is 0 Å². The third-order valence-corrected chi connectivity index (χ3v) is 2.91. The van der Waals surface area contributed by atoms with Crippen LogP contribution >= 0.6 is 0 Å². The number of hydrogen-bond acceptors (Lipinski definition) is 3. The molecule has 1 unspecified atom stereocenters. The van der Waals surface area contributed by atoms with Crippen LogP contribution in [-0.2, 0) is 0 Å². The third-order valence-electron chi connectivity index (χ3n) is 2.91. The summed E-state index contributed by atoms with van der Waals surface area (Å²) in [6, 6.07) is 4.14. The Morgan fingerprint density at radius 1 is 1.33 bits per heavy atom. The van der Waals surface area contributed by atoms with Crippen LogP contribution in [0.15, 0.2) is 54.8 Å². The molecule has 1 aromatic heterocycles. The summed E-state index contributed by atoms with van der Waals surface area (Å²) in [7, 11) is 0. The van der Waals surface area contributed by atoms with Crippen molar-refractivity contribution in [2.24, 2.45) is 0 Å². The van der Waals surface area contributed by atoms with Gasteiger partial charge in [0.2, 0.25) is 0 Å². The van der Waals surface area contributed by atoms with E-state index < -0.39 is 0 Å². The van der Waals surface area contributed by atoms with Gasteiger partial charge >= 0.3 is 0 Å². The van der Waals surface area contributed by atoms with E-state index in [9.17, 15) is 0 Å². The normalized spacial score (nSPS) is 23.6. The fourth-order valence-electron chi connectivity index (χ4n) is 1.97. The van der Waals surface area contributed by atoms with Crippen LogP contribution in [0.5, 0.6) is 0 Å². The van der Waals surface area contributed by atoms with Gasteiger partial charge < -0.3 is 11.1 Å². The summed E-state index contributed by atoms with van der Waals surface area (Å²) in [4.78, 5) is 4.27. The minimum absolute atomic E-state index is 0.362. The number of allylic oxidation sites excluding steroid dienone is 4. The Balaban J connectivity index is 2.02. The van der Waals surface area contributed by atoms with E-state index in [-0.39, 0.29) is 0 Å². The highest BCUT2D eigenvalue weighted by molar-refractivity contribution is 5.44. The van der Waals surface area contributed by atoms with Crippen molar-refractivity contribution in [3.63, 3.8) is 0 Å². The van der Waals surface area contributed by atoms with Crippen molar-refractivity contribution in [2.75, 3.05) is 11.1 Å². The molecule has 18 heavy (non-hydrogen) atoms. The first-order valence-corrected chi connectivity index (χ1v) is 6.23. The van der Waals surface area contributed by atoms with Crippen molar-refractivity contribution >= 4 is 11.5 Å². The van der Waals surface area contributed by atoms with Gasteiger partial charge in [-0.15, -0.1) is 0 Å². The number of pyridine rings is 1. The Morgan fingerprint density at radius 3 is 3.00 bits per heavy atom. The van der Waals surface area contributed by atoms with Crippen LogP contribution in [0.1, 0.15) is 19.3 Å². The van der Waals surface area contributed by atoms with Crippen molar-refractivity contribution in [2.45, 2.75) is 25.3 Å². The lowest BCUT2D eigenvalue weighted by atomic mass is 10.0. The molecule has 0 radical (unpaired) electrons. The lowest BCUT2D eigenvalue weighted by molar-refractivity contribution is 0.658. The molecule has 0 saturated heterocycles. The van der Waals surface area contributed by atoms with Gasteiger partial charge in [-0.1, -0.05) is 36.5 Å². The summed E-state index contributed by atoms with van der Waals surface area (Å²) in [6.45, 7) is 4.06. The first kappa shape index (κ1) is 12.4. The Labute approximate surface area is 108 Å². The highest BCUT2D eigenvalue weighted by Gasteiger charge is 2.10. The topological polar surface area (TPSA) is 50.9 Å². The molecule has 0 saturated carbocycles. The van der Waals surface area contributed by atoms with Gasteiger partial charge in [0, 0.05) is 6.04 Å². The van der Waals surface area contributed by atoms with E-state index in [0.29, 0.717) is 11.7 Å². The maximum absolute atomic E-state index is 5.63. The molecule has 0 amide bonds. The largest absolute Gasteiger partial charge is 0.397 e. The number of nitrogen functional groups attached to an aromatic ring is 1. The minimum atomic E-state index is 0.362. The molecular weight excluding hydrogens is 222 g/mol. The second-order valence-electron chi connectivity index (χ2n) is 4.55. The lowest BCUT2D eigenvalue weighted by Crippen LogP contribution is -2.20. The van der Waals surface area contributed by atoms with Crippen LogP contribution < -0.4 is 11.1 Å². The summed E-state index contributed by atoms with van der Waals surface area (Å²) < 4.78 is 0. The van der Waals surface area contributed by atoms with E-state index in [1.54, 1.807) is 6.20 Å². The number of nitrogens with zero attached hydrogens (tertiary/aromatic N) is 1. The number of aromatic nitrogens is 1. The maximum atomic E-state index is 5.63. The second kappa shape index (κ2) is 6.05. The van der Waals surface area contributed by atoms with Gasteiger partial charge in [0.1, 0.15) is 5.82 Å². The average Bonchev–Trinajstić information content (AvgIpc) is 2.45. The molecule has 0 bridgehead atoms. The molecule has 1 aliphatic rings. The summed E-state index contributed by atoms with van der Waals surface area (Å²) in [5.41, 5.74) is 7.44. The molecule has 1 atom stereocenters. The van der Waals surface area contributed by atoms with Crippen LogP contribution in [0.3, 0.4) is 0 Å². The van der Waals surface area contributed by atoms with Crippen molar-refractivity contribution in [3.05, 3.63) is 54.8 Å². The molecule has 94 valence electrons. The maximum Gasteiger partial charge on any atom is 0.126 e. The fourth-order valence-corrected chi connectivity index (χ4v) is 1.97. The van der Waals surface area contributed by atoms with Crippen LogP contribution in [0.2, 0.25) is 0 Å². The van der Waals surface area contributed by atoms with Crippen LogP contribution in [0.25, 0.3) is 0 Å². The highest BCUT2D eigenvalue weighted by Crippen LogP contribution is 2.17. The summed E-state index contributed by atoms with van der Waals surface area (Å²) in [5.74, 6) is 0.870. The number of nitrogens with one attached hydrogen (secondary N) is 1. The first-order chi connectivity index (χ1) is 8.74. The molecule has 1 aliphatic carbocycles.